The van der Waals surface area contributed by atoms with Gasteiger partial charge in [-0.2, -0.15) is 0 Å². The fourth-order valence-electron chi connectivity index (χ4n) is 4.15. The van der Waals surface area contributed by atoms with Crippen LogP contribution in [0, 0.1) is 11.8 Å². The normalized spacial score (nSPS) is 25.5. The second-order valence-electron chi connectivity index (χ2n) is 8.10. The topological polar surface area (TPSA) is 52.7 Å². The Bertz CT molecular complexity index is 450. The highest BCUT2D eigenvalue weighted by Gasteiger charge is 2.32. The van der Waals surface area contributed by atoms with Gasteiger partial charge in [0, 0.05) is 38.6 Å². The van der Waals surface area contributed by atoms with Crippen LogP contribution in [0.25, 0.3) is 0 Å². The van der Waals surface area contributed by atoms with E-state index < -0.39 is 0 Å². The summed E-state index contributed by atoms with van der Waals surface area (Å²) in [6, 6.07) is 0.292. The highest BCUT2D eigenvalue weighted by molar-refractivity contribution is 5.81. The second-order valence-corrected chi connectivity index (χ2v) is 8.10. The molecule has 1 N–H and O–H groups in total. The lowest BCUT2D eigenvalue weighted by atomic mass is 10.0. The third-order valence-electron chi connectivity index (χ3n) is 6.22. The van der Waals surface area contributed by atoms with E-state index in [4.69, 9.17) is 0 Å². The Morgan fingerprint density at radius 1 is 1.00 bits per heavy atom. The minimum absolute atomic E-state index is 0.0896. The lowest BCUT2D eigenvalue weighted by molar-refractivity contribution is -0.135. The van der Waals surface area contributed by atoms with Crippen molar-refractivity contribution in [2.24, 2.45) is 11.8 Å². The summed E-state index contributed by atoms with van der Waals surface area (Å²) < 4.78 is 0. The summed E-state index contributed by atoms with van der Waals surface area (Å²) in [4.78, 5) is 29.0. The van der Waals surface area contributed by atoms with Crippen LogP contribution in [0.3, 0.4) is 0 Å². The smallest absolute Gasteiger partial charge is 0.237 e. The minimum Gasteiger partial charge on any atom is -0.352 e. The van der Waals surface area contributed by atoms with Crippen molar-refractivity contribution in [2.75, 3.05) is 26.2 Å². The van der Waals surface area contributed by atoms with Crippen molar-refractivity contribution in [3.63, 3.8) is 0 Å². The fourth-order valence-corrected chi connectivity index (χ4v) is 4.15. The van der Waals surface area contributed by atoms with E-state index in [2.05, 4.69) is 17.1 Å². The van der Waals surface area contributed by atoms with E-state index in [1.165, 1.54) is 25.7 Å². The molecule has 3 aliphatic rings. The summed E-state index contributed by atoms with van der Waals surface area (Å²) in [5, 5.41) is 3.19. The van der Waals surface area contributed by atoms with E-state index in [1.54, 1.807) is 0 Å². The number of carbonyl (C=O) groups excluding carboxylic acids is 2. The third kappa shape index (κ3) is 4.50. The highest BCUT2D eigenvalue weighted by atomic mass is 16.2. The number of nitrogens with one attached hydrogen (secondary N) is 1. The van der Waals surface area contributed by atoms with Crippen molar-refractivity contribution >= 4 is 11.8 Å². The van der Waals surface area contributed by atoms with Gasteiger partial charge in [-0.25, -0.2) is 0 Å². The van der Waals surface area contributed by atoms with Gasteiger partial charge >= 0.3 is 0 Å². The van der Waals surface area contributed by atoms with Gasteiger partial charge in [0.2, 0.25) is 11.8 Å². The van der Waals surface area contributed by atoms with Gasteiger partial charge in [0.05, 0.1) is 6.04 Å². The zero-order valence-corrected chi connectivity index (χ0v) is 15.3. The average molecular weight is 335 g/mol. The molecule has 24 heavy (non-hydrogen) atoms. The van der Waals surface area contributed by atoms with E-state index >= 15 is 0 Å². The maximum absolute atomic E-state index is 12.4. The Morgan fingerprint density at radius 3 is 2.21 bits per heavy atom. The Kier molecular flexibility index (Phi) is 5.80. The van der Waals surface area contributed by atoms with Crippen LogP contribution in [0.4, 0.5) is 0 Å². The molecule has 2 amide bonds. The molecule has 1 aliphatic heterocycles. The molecule has 3 fully saturated rings. The summed E-state index contributed by atoms with van der Waals surface area (Å²) in [7, 11) is 0. The third-order valence-corrected chi connectivity index (χ3v) is 6.22. The summed E-state index contributed by atoms with van der Waals surface area (Å²) >= 11 is 0. The molecule has 3 rings (SSSR count). The molecule has 0 bridgehead atoms. The number of hydrogen-bond acceptors (Lipinski definition) is 3. The van der Waals surface area contributed by atoms with Crippen LogP contribution in [0.1, 0.15) is 58.8 Å². The number of hydrogen-bond donors (Lipinski definition) is 1. The predicted octanol–water partition coefficient (Wildman–Crippen LogP) is 2.01. The largest absolute Gasteiger partial charge is 0.352 e. The first-order valence-electron chi connectivity index (χ1n) is 9.87. The monoisotopic (exact) mass is 335 g/mol. The Balaban J connectivity index is 1.40. The quantitative estimate of drug-likeness (QED) is 0.808. The van der Waals surface area contributed by atoms with Crippen molar-refractivity contribution in [1.82, 2.24) is 15.1 Å². The molecule has 2 unspecified atom stereocenters. The molecular weight excluding hydrogens is 302 g/mol. The summed E-state index contributed by atoms with van der Waals surface area (Å²) in [5.74, 6) is 1.78. The SMILES string of the molecule is CC(CC(=O)N1CCN(C(C)C(=O)NC2CCCC2)CC1)C1CC1. The van der Waals surface area contributed by atoms with E-state index in [1.807, 2.05) is 11.8 Å². The summed E-state index contributed by atoms with van der Waals surface area (Å²) in [5.41, 5.74) is 0. The molecule has 0 aromatic heterocycles. The number of amides is 2. The van der Waals surface area contributed by atoms with Gasteiger partial charge in [0.25, 0.3) is 0 Å². The molecule has 0 spiro atoms. The molecule has 1 heterocycles. The number of nitrogens with zero attached hydrogens (tertiary/aromatic N) is 2. The summed E-state index contributed by atoms with van der Waals surface area (Å²) in [6.07, 6.45) is 8.02. The van der Waals surface area contributed by atoms with Crippen LogP contribution in [0.5, 0.6) is 0 Å². The van der Waals surface area contributed by atoms with Crippen molar-refractivity contribution in [3.8, 4) is 0 Å². The van der Waals surface area contributed by atoms with Crippen LogP contribution in [-0.2, 0) is 9.59 Å². The summed E-state index contributed by atoms with van der Waals surface area (Å²) in [6.45, 7) is 7.35. The molecule has 2 atom stereocenters. The first kappa shape index (κ1) is 17.7. The van der Waals surface area contributed by atoms with E-state index in [9.17, 15) is 9.59 Å². The lowest BCUT2D eigenvalue weighted by Crippen LogP contribution is -2.55. The van der Waals surface area contributed by atoms with Gasteiger partial charge in [-0.1, -0.05) is 19.8 Å². The fraction of sp³-hybridized carbons (Fsp3) is 0.895. The Morgan fingerprint density at radius 2 is 1.62 bits per heavy atom. The molecule has 5 nitrogen and oxygen atoms in total. The van der Waals surface area contributed by atoms with E-state index in [-0.39, 0.29) is 11.9 Å². The maximum Gasteiger partial charge on any atom is 0.237 e. The first-order valence-corrected chi connectivity index (χ1v) is 9.87. The van der Waals surface area contributed by atoms with Crippen molar-refractivity contribution < 1.29 is 9.59 Å². The highest BCUT2D eigenvalue weighted by Crippen LogP contribution is 2.38. The molecule has 0 aromatic rings. The van der Waals surface area contributed by atoms with Gasteiger partial charge in [0.15, 0.2) is 0 Å². The van der Waals surface area contributed by atoms with Gasteiger partial charge in [-0.15, -0.1) is 0 Å². The molecule has 2 aliphatic carbocycles. The van der Waals surface area contributed by atoms with Gasteiger partial charge in [-0.05, 0) is 44.4 Å². The molecule has 1 saturated heterocycles. The minimum atomic E-state index is -0.0896. The molecule has 5 heteroatoms. The first-order chi connectivity index (χ1) is 11.5. The van der Waals surface area contributed by atoms with Gasteiger partial charge < -0.3 is 10.2 Å². The molecule has 0 radical (unpaired) electrons. The number of carbonyl (C=O) groups is 2. The zero-order valence-electron chi connectivity index (χ0n) is 15.3. The molecular formula is C19H33N3O2. The Hall–Kier alpha value is -1.10. The van der Waals surface area contributed by atoms with Crippen molar-refractivity contribution in [3.05, 3.63) is 0 Å². The number of rotatable bonds is 6. The predicted molar refractivity (Wildman–Crippen MR) is 94.5 cm³/mol. The second kappa shape index (κ2) is 7.85. The molecule has 2 saturated carbocycles. The van der Waals surface area contributed by atoms with Gasteiger partial charge in [-0.3, -0.25) is 14.5 Å². The van der Waals surface area contributed by atoms with E-state index in [0.29, 0.717) is 24.3 Å². The molecule has 0 aromatic carbocycles. The Labute approximate surface area is 146 Å². The zero-order chi connectivity index (χ0) is 17.1. The van der Waals surface area contributed by atoms with Crippen LogP contribution < -0.4 is 5.32 Å². The maximum atomic E-state index is 12.4. The van der Waals surface area contributed by atoms with Crippen LogP contribution >= 0.6 is 0 Å². The van der Waals surface area contributed by atoms with Crippen LogP contribution in [0.2, 0.25) is 0 Å². The standard InChI is InChI=1S/C19H33N3O2/c1-14(16-7-8-16)13-18(23)22-11-9-21(10-12-22)15(2)19(24)20-17-5-3-4-6-17/h14-17H,3-13H2,1-2H3,(H,20,24). The van der Waals surface area contributed by atoms with E-state index in [0.717, 1.165) is 44.9 Å². The van der Waals surface area contributed by atoms with Crippen LogP contribution in [-0.4, -0.2) is 59.9 Å². The van der Waals surface area contributed by atoms with Gasteiger partial charge in [0.1, 0.15) is 0 Å². The molecule has 136 valence electrons. The van der Waals surface area contributed by atoms with Crippen molar-refractivity contribution in [1.29, 1.82) is 0 Å². The van der Waals surface area contributed by atoms with Crippen molar-refractivity contribution in [2.45, 2.75) is 70.9 Å². The average Bonchev–Trinajstić information content (AvgIpc) is 3.32. The lowest BCUT2D eigenvalue weighted by Gasteiger charge is -2.38. The number of piperazine rings is 1. The van der Waals surface area contributed by atoms with Crippen LogP contribution in [0.15, 0.2) is 0 Å².